The lowest BCUT2D eigenvalue weighted by atomic mass is 10.0. The molecule has 1 unspecified atom stereocenters. The van der Waals surface area contributed by atoms with E-state index in [-0.39, 0.29) is 17.9 Å². The molecule has 0 radical (unpaired) electrons. The number of carbonyl (C=O) groups excluding carboxylic acids is 2. The van der Waals surface area contributed by atoms with E-state index in [2.05, 4.69) is 40.0 Å². The summed E-state index contributed by atoms with van der Waals surface area (Å²) in [5, 5.41) is 2.96. The van der Waals surface area contributed by atoms with E-state index in [9.17, 15) is 9.59 Å². The van der Waals surface area contributed by atoms with Gasteiger partial charge in [0.15, 0.2) is 0 Å². The van der Waals surface area contributed by atoms with E-state index in [1.807, 2.05) is 61.2 Å². The quantitative estimate of drug-likeness (QED) is 0.278. The molecule has 0 aliphatic carbocycles. The van der Waals surface area contributed by atoms with E-state index in [4.69, 9.17) is 4.74 Å². The molecule has 0 bridgehead atoms. The maximum Gasteiger partial charge on any atom is 0.258 e. The molecule has 0 saturated heterocycles. The minimum Gasteiger partial charge on any atom is -0.377 e. The number of carbonyl (C=O) groups is 2. The number of aryl methyl sites for hydroxylation is 2. The highest BCUT2D eigenvalue weighted by molar-refractivity contribution is 14.1. The molecule has 0 fully saturated rings. The number of rotatable bonds is 5. The molecule has 34 heavy (non-hydrogen) atoms. The summed E-state index contributed by atoms with van der Waals surface area (Å²) in [5.74, 6) is -0.191. The average Bonchev–Trinajstić information content (AvgIpc) is 3.02. The zero-order valence-electron chi connectivity index (χ0n) is 19.7. The van der Waals surface area contributed by atoms with Gasteiger partial charge in [-0.05, 0) is 73.7 Å². The van der Waals surface area contributed by atoms with Crippen molar-refractivity contribution in [1.29, 1.82) is 0 Å². The van der Waals surface area contributed by atoms with Crippen molar-refractivity contribution < 1.29 is 14.3 Å². The molecule has 1 aliphatic rings. The van der Waals surface area contributed by atoms with Crippen molar-refractivity contribution in [2.24, 2.45) is 0 Å². The molecule has 1 heterocycles. The van der Waals surface area contributed by atoms with Crippen molar-refractivity contribution in [2.45, 2.75) is 37.2 Å². The Labute approximate surface area is 214 Å². The van der Waals surface area contributed by atoms with Gasteiger partial charge < -0.3 is 15.0 Å². The van der Waals surface area contributed by atoms with Crippen LogP contribution in [-0.2, 0) is 9.16 Å². The summed E-state index contributed by atoms with van der Waals surface area (Å²) in [7, 11) is 1.73. The highest BCUT2D eigenvalue weighted by Crippen LogP contribution is 2.37. The third kappa shape index (κ3) is 5.03. The predicted octanol–water partition coefficient (Wildman–Crippen LogP) is 6.62. The number of benzene rings is 3. The summed E-state index contributed by atoms with van der Waals surface area (Å²) in [6.07, 6.45) is 1.72. The van der Waals surface area contributed by atoms with Crippen LogP contribution in [-0.4, -0.2) is 25.5 Å². The molecule has 1 atom stereocenters. The van der Waals surface area contributed by atoms with Crippen LogP contribution in [0.15, 0.2) is 60.7 Å². The molecule has 5 nitrogen and oxygen atoms in total. The molecule has 0 spiro atoms. The smallest absolute Gasteiger partial charge is 0.258 e. The van der Waals surface area contributed by atoms with Crippen molar-refractivity contribution in [1.82, 2.24) is 0 Å². The Balaban J connectivity index is 1.61. The molecule has 3 aromatic carbocycles. The minimum atomic E-state index is -0.158. The normalized spacial score (nSPS) is 15.4. The van der Waals surface area contributed by atoms with E-state index < -0.39 is 0 Å². The molecular weight excluding hydrogens is 539 g/mol. The molecule has 0 aromatic heterocycles. The van der Waals surface area contributed by atoms with Crippen molar-refractivity contribution in [3.8, 4) is 0 Å². The summed E-state index contributed by atoms with van der Waals surface area (Å²) < 4.78 is 6.68. The number of alkyl halides is 1. The Morgan fingerprint density at radius 1 is 1.03 bits per heavy atom. The minimum absolute atomic E-state index is 0.0178. The van der Waals surface area contributed by atoms with Crippen LogP contribution in [0.1, 0.15) is 61.9 Å². The van der Waals surface area contributed by atoms with Gasteiger partial charge in [0.05, 0.1) is 6.10 Å². The number of nitrogens with zero attached hydrogens (tertiary/aromatic N) is 1. The second-order valence-corrected chi connectivity index (χ2v) is 9.41. The summed E-state index contributed by atoms with van der Waals surface area (Å²) in [5.41, 5.74) is 6.90. The van der Waals surface area contributed by atoms with Gasteiger partial charge in [0, 0.05) is 46.1 Å². The summed E-state index contributed by atoms with van der Waals surface area (Å²) in [6, 6.07) is 19.2. The lowest BCUT2D eigenvalue weighted by molar-refractivity contribution is 0.0960. The van der Waals surface area contributed by atoms with Gasteiger partial charge in [0.1, 0.15) is 0 Å². The lowest BCUT2D eigenvalue weighted by Crippen LogP contribution is -2.32. The highest BCUT2D eigenvalue weighted by atomic mass is 127. The van der Waals surface area contributed by atoms with Crippen LogP contribution in [0.5, 0.6) is 0 Å². The maximum atomic E-state index is 13.7. The summed E-state index contributed by atoms with van der Waals surface area (Å²) >= 11 is 2.35. The van der Waals surface area contributed by atoms with Crippen LogP contribution in [0.2, 0.25) is 0 Å². The van der Waals surface area contributed by atoms with Crippen molar-refractivity contribution >= 4 is 45.8 Å². The number of amides is 2. The van der Waals surface area contributed by atoms with Gasteiger partial charge in [-0.1, -0.05) is 52.9 Å². The van der Waals surface area contributed by atoms with Crippen molar-refractivity contribution in [3.05, 3.63) is 94.0 Å². The van der Waals surface area contributed by atoms with Gasteiger partial charge in [-0.25, -0.2) is 0 Å². The first kappa shape index (κ1) is 24.4. The zero-order chi connectivity index (χ0) is 24.2. The van der Waals surface area contributed by atoms with Crippen molar-refractivity contribution in [3.63, 3.8) is 0 Å². The third-order valence-electron chi connectivity index (χ3n) is 6.37. The Bertz CT molecular complexity index is 1220. The summed E-state index contributed by atoms with van der Waals surface area (Å²) in [4.78, 5) is 28.3. The van der Waals surface area contributed by atoms with Crippen LogP contribution in [0.3, 0.4) is 0 Å². The van der Waals surface area contributed by atoms with Crippen LogP contribution in [0.25, 0.3) is 0 Å². The molecule has 1 aliphatic heterocycles. The predicted molar refractivity (Wildman–Crippen MR) is 145 cm³/mol. The second kappa shape index (κ2) is 10.7. The molecule has 6 heteroatoms. The number of halogens is 1. The van der Waals surface area contributed by atoms with Crippen LogP contribution >= 0.6 is 22.6 Å². The van der Waals surface area contributed by atoms with E-state index in [1.165, 1.54) is 5.56 Å². The number of anilines is 2. The standard InChI is InChI=1S/C28H29IN2O3/c1-18-7-4-5-8-22(18)27(32)30-21-11-12-23(19(2)15-21)28(33)31-14-6-9-26(34-3)24-16-20(17-29)10-13-25(24)31/h4-5,7-8,10-13,15-16,26H,6,9,14,17H2,1-3H3,(H,30,32). The van der Waals surface area contributed by atoms with Gasteiger partial charge >= 0.3 is 0 Å². The fourth-order valence-corrected chi connectivity index (χ4v) is 4.98. The van der Waals surface area contributed by atoms with Gasteiger partial charge in [0.2, 0.25) is 0 Å². The lowest BCUT2D eigenvalue weighted by Gasteiger charge is -2.25. The highest BCUT2D eigenvalue weighted by Gasteiger charge is 2.28. The third-order valence-corrected chi connectivity index (χ3v) is 7.25. The Morgan fingerprint density at radius 2 is 1.82 bits per heavy atom. The van der Waals surface area contributed by atoms with E-state index in [0.717, 1.165) is 39.6 Å². The Morgan fingerprint density at radius 3 is 2.53 bits per heavy atom. The molecule has 0 saturated carbocycles. The van der Waals surface area contributed by atoms with E-state index >= 15 is 0 Å². The van der Waals surface area contributed by atoms with Gasteiger partial charge in [-0.3, -0.25) is 9.59 Å². The fourth-order valence-electron chi connectivity index (χ4n) is 4.51. The van der Waals surface area contributed by atoms with Crippen LogP contribution in [0.4, 0.5) is 11.4 Å². The average molecular weight is 568 g/mol. The zero-order valence-corrected chi connectivity index (χ0v) is 21.9. The van der Waals surface area contributed by atoms with E-state index in [1.54, 1.807) is 13.2 Å². The first-order chi connectivity index (χ1) is 16.4. The first-order valence-corrected chi connectivity index (χ1v) is 13.0. The molecule has 1 N–H and O–H groups in total. The Kier molecular flexibility index (Phi) is 7.68. The second-order valence-electron chi connectivity index (χ2n) is 8.65. The van der Waals surface area contributed by atoms with Gasteiger partial charge in [-0.2, -0.15) is 0 Å². The van der Waals surface area contributed by atoms with Crippen LogP contribution < -0.4 is 10.2 Å². The number of ether oxygens (including phenoxy) is 1. The maximum absolute atomic E-state index is 13.7. The topological polar surface area (TPSA) is 58.6 Å². The first-order valence-electron chi connectivity index (χ1n) is 11.4. The Hall–Kier alpha value is -2.71. The van der Waals surface area contributed by atoms with E-state index in [0.29, 0.717) is 23.4 Å². The largest absolute Gasteiger partial charge is 0.377 e. The van der Waals surface area contributed by atoms with Crippen molar-refractivity contribution in [2.75, 3.05) is 23.9 Å². The molecular formula is C28H29IN2O3. The summed E-state index contributed by atoms with van der Waals surface area (Å²) in [6.45, 7) is 4.46. The number of hydrogen-bond acceptors (Lipinski definition) is 3. The monoisotopic (exact) mass is 568 g/mol. The molecule has 176 valence electrons. The van der Waals surface area contributed by atoms with Gasteiger partial charge in [0.25, 0.3) is 11.8 Å². The number of nitrogens with one attached hydrogen (secondary N) is 1. The number of fused-ring (bicyclic) bond motifs is 1. The SMILES string of the molecule is COC1CCCN(C(=O)c2ccc(NC(=O)c3ccccc3C)cc2C)c2ccc(CI)cc21. The number of hydrogen-bond donors (Lipinski definition) is 1. The van der Waals surface area contributed by atoms with Gasteiger partial charge in [-0.15, -0.1) is 0 Å². The number of methoxy groups -OCH3 is 1. The molecule has 3 aromatic rings. The molecule has 4 rings (SSSR count). The van der Waals surface area contributed by atoms with Crippen LogP contribution in [0, 0.1) is 13.8 Å². The fraction of sp³-hybridized carbons (Fsp3) is 0.286. The molecule has 2 amide bonds.